The zero-order valence-electron chi connectivity index (χ0n) is 8.34. The van der Waals surface area contributed by atoms with Crippen LogP contribution in [0.15, 0.2) is 12.4 Å². The van der Waals surface area contributed by atoms with Crippen molar-refractivity contribution in [2.24, 2.45) is 0 Å². The lowest BCUT2D eigenvalue weighted by molar-refractivity contribution is 0.115. The summed E-state index contributed by atoms with van der Waals surface area (Å²) in [5.74, 6) is 0. The summed E-state index contributed by atoms with van der Waals surface area (Å²) in [5.41, 5.74) is -0.617. The number of rotatable bonds is 2. The van der Waals surface area contributed by atoms with E-state index in [-0.39, 0.29) is 6.42 Å². The first kappa shape index (κ1) is 10.8. The highest BCUT2D eigenvalue weighted by atomic mass is 35.5. The highest BCUT2D eigenvalue weighted by Gasteiger charge is 2.33. The van der Waals surface area contributed by atoms with Crippen LogP contribution in [0.3, 0.4) is 0 Å². The van der Waals surface area contributed by atoms with Crippen molar-refractivity contribution < 1.29 is 4.39 Å². The van der Waals surface area contributed by atoms with E-state index < -0.39 is 5.67 Å². The Morgan fingerprint density at radius 2 is 2.00 bits per heavy atom. The summed E-state index contributed by atoms with van der Waals surface area (Å²) in [6, 6.07) is 0. The molecule has 2 rings (SSSR count). The van der Waals surface area contributed by atoms with Gasteiger partial charge in [0, 0.05) is 18.8 Å². The van der Waals surface area contributed by atoms with Gasteiger partial charge in [0.15, 0.2) is 5.15 Å². The maximum Gasteiger partial charge on any atom is 0.150 e. The van der Waals surface area contributed by atoms with Gasteiger partial charge in [-0.2, -0.15) is 0 Å². The molecule has 1 fully saturated rings. The molecule has 15 heavy (non-hydrogen) atoms. The molecule has 0 spiro atoms. The summed E-state index contributed by atoms with van der Waals surface area (Å²) in [7, 11) is 0. The van der Waals surface area contributed by atoms with Crippen LogP contribution in [0.25, 0.3) is 0 Å². The number of aromatic nitrogens is 2. The summed E-state index contributed by atoms with van der Waals surface area (Å²) in [4.78, 5) is 7.96. The van der Waals surface area contributed by atoms with Crippen LogP contribution < -0.4 is 5.32 Å². The van der Waals surface area contributed by atoms with Gasteiger partial charge in [-0.1, -0.05) is 11.6 Å². The van der Waals surface area contributed by atoms with Gasteiger partial charge in [-0.25, -0.2) is 9.37 Å². The van der Waals surface area contributed by atoms with Crippen LogP contribution in [-0.4, -0.2) is 28.7 Å². The summed E-state index contributed by atoms with van der Waals surface area (Å²) in [6.07, 6.45) is 4.35. The largest absolute Gasteiger partial charge is 0.316 e. The second-order valence-electron chi connectivity index (χ2n) is 3.87. The highest BCUT2D eigenvalue weighted by Crippen LogP contribution is 2.28. The second-order valence-corrected chi connectivity index (χ2v) is 4.23. The molecule has 0 saturated carbocycles. The van der Waals surface area contributed by atoms with Crippen LogP contribution in [0, 0.1) is 0 Å². The minimum atomic E-state index is -1.18. The molecule has 0 aliphatic carbocycles. The maximum absolute atomic E-state index is 14.3. The van der Waals surface area contributed by atoms with Crippen molar-refractivity contribution in [2.45, 2.75) is 24.9 Å². The minimum absolute atomic E-state index is 0.265. The van der Waals surface area contributed by atoms with E-state index in [4.69, 9.17) is 11.6 Å². The van der Waals surface area contributed by atoms with Gasteiger partial charge in [0.25, 0.3) is 0 Å². The predicted octanol–water partition coefficient (Wildman–Crippen LogP) is 1.76. The number of piperidine rings is 1. The molecule has 1 aromatic heterocycles. The van der Waals surface area contributed by atoms with Crippen LogP contribution in [0.4, 0.5) is 4.39 Å². The van der Waals surface area contributed by atoms with E-state index in [1.165, 1.54) is 6.20 Å². The van der Waals surface area contributed by atoms with E-state index in [1.54, 1.807) is 6.20 Å². The standard InChI is InChI=1S/C10H13ClFN3/c11-9-8(14-5-6-15-9)7-10(12)1-3-13-4-2-10/h5-6,13H,1-4,7H2. The van der Waals surface area contributed by atoms with Gasteiger partial charge < -0.3 is 5.32 Å². The Bertz CT molecular complexity index is 339. The Hall–Kier alpha value is -0.740. The Labute approximate surface area is 93.1 Å². The predicted molar refractivity (Wildman–Crippen MR) is 56.7 cm³/mol. The number of hydrogen-bond acceptors (Lipinski definition) is 3. The SMILES string of the molecule is FC1(Cc2nccnc2Cl)CCNCC1. The molecule has 82 valence electrons. The average Bonchev–Trinajstić information content (AvgIpc) is 2.22. The van der Waals surface area contributed by atoms with E-state index in [2.05, 4.69) is 15.3 Å². The van der Waals surface area contributed by atoms with Crippen molar-refractivity contribution in [1.29, 1.82) is 0 Å². The Balaban J connectivity index is 2.10. The molecule has 3 nitrogen and oxygen atoms in total. The fourth-order valence-corrected chi connectivity index (χ4v) is 1.99. The summed E-state index contributed by atoms with van der Waals surface area (Å²) in [6.45, 7) is 1.43. The van der Waals surface area contributed by atoms with Gasteiger partial charge in [-0.05, 0) is 25.9 Å². The van der Waals surface area contributed by atoms with Gasteiger partial charge >= 0.3 is 0 Å². The topological polar surface area (TPSA) is 37.8 Å². The Kier molecular flexibility index (Phi) is 3.17. The van der Waals surface area contributed by atoms with Crippen LogP contribution in [0.5, 0.6) is 0 Å². The van der Waals surface area contributed by atoms with Gasteiger partial charge in [0.2, 0.25) is 0 Å². The molecule has 1 aliphatic rings. The fourth-order valence-electron chi connectivity index (χ4n) is 1.82. The third-order valence-electron chi connectivity index (χ3n) is 2.71. The lowest BCUT2D eigenvalue weighted by Gasteiger charge is -2.29. The van der Waals surface area contributed by atoms with Gasteiger partial charge in [0.05, 0.1) is 5.69 Å². The van der Waals surface area contributed by atoms with Crippen molar-refractivity contribution in [1.82, 2.24) is 15.3 Å². The molecule has 0 bridgehead atoms. The zero-order chi connectivity index (χ0) is 10.7. The molecule has 2 heterocycles. The highest BCUT2D eigenvalue weighted by molar-refractivity contribution is 6.29. The molecule has 1 aromatic rings. The van der Waals surface area contributed by atoms with Gasteiger partial charge in [-0.15, -0.1) is 0 Å². The van der Waals surface area contributed by atoms with Crippen molar-refractivity contribution in [3.05, 3.63) is 23.2 Å². The fraction of sp³-hybridized carbons (Fsp3) is 0.600. The molecule has 1 saturated heterocycles. The Morgan fingerprint density at radius 3 is 2.67 bits per heavy atom. The first-order valence-electron chi connectivity index (χ1n) is 5.05. The molecule has 1 N–H and O–H groups in total. The van der Waals surface area contributed by atoms with Crippen molar-refractivity contribution in [3.63, 3.8) is 0 Å². The van der Waals surface area contributed by atoms with Crippen LogP contribution in [0.2, 0.25) is 5.15 Å². The normalized spacial score (nSPS) is 20.1. The van der Waals surface area contributed by atoms with E-state index in [9.17, 15) is 4.39 Å². The molecule has 0 unspecified atom stereocenters. The summed E-state index contributed by atoms with van der Waals surface area (Å²) < 4.78 is 14.3. The lowest BCUT2D eigenvalue weighted by atomic mass is 9.90. The number of hydrogen-bond donors (Lipinski definition) is 1. The minimum Gasteiger partial charge on any atom is -0.316 e. The van der Waals surface area contributed by atoms with Gasteiger partial charge in [0.1, 0.15) is 5.67 Å². The number of nitrogens with zero attached hydrogens (tertiary/aromatic N) is 2. The van der Waals surface area contributed by atoms with Crippen LogP contribution in [0.1, 0.15) is 18.5 Å². The maximum atomic E-state index is 14.3. The summed E-state index contributed by atoms with van der Waals surface area (Å²) in [5, 5.41) is 3.44. The number of halogens is 2. The van der Waals surface area contributed by atoms with Gasteiger partial charge in [-0.3, -0.25) is 4.98 Å². The van der Waals surface area contributed by atoms with Crippen LogP contribution >= 0.6 is 11.6 Å². The molecule has 1 aliphatic heterocycles. The summed E-state index contributed by atoms with van der Waals surface area (Å²) >= 11 is 5.85. The number of nitrogens with one attached hydrogen (secondary N) is 1. The van der Waals surface area contributed by atoms with E-state index in [1.807, 2.05) is 0 Å². The molecular formula is C10H13ClFN3. The zero-order valence-corrected chi connectivity index (χ0v) is 9.10. The van der Waals surface area contributed by atoms with E-state index >= 15 is 0 Å². The molecule has 0 aromatic carbocycles. The first-order valence-corrected chi connectivity index (χ1v) is 5.42. The second kappa shape index (κ2) is 4.41. The van der Waals surface area contributed by atoms with Crippen LogP contribution in [-0.2, 0) is 6.42 Å². The van der Waals surface area contributed by atoms with Crippen molar-refractivity contribution >= 4 is 11.6 Å². The third-order valence-corrected chi connectivity index (χ3v) is 3.02. The molecule has 0 amide bonds. The monoisotopic (exact) mass is 229 g/mol. The van der Waals surface area contributed by atoms with E-state index in [0.717, 1.165) is 0 Å². The van der Waals surface area contributed by atoms with Crippen molar-refractivity contribution in [3.8, 4) is 0 Å². The third kappa shape index (κ3) is 2.63. The average molecular weight is 230 g/mol. The first-order chi connectivity index (χ1) is 7.20. The molecule has 0 radical (unpaired) electrons. The molecule has 0 atom stereocenters. The number of alkyl halides is 1. The Morgan fingerprint density at radius 1 is 1.33 bits per heavy atom. The molecular weight excluding hydrogens is 217 g/mol. The van der Waals surface area contributed by atoms with Crippen molar-refractivity contribution in [2.75, 3.05) is 13.1 Å². The molecule has 5 heteroatoms. The smallest absolute Gasteiger partial charge is 0.150 e. The lowest BCUT2D eigenvalue weighted by Crippen LogP contribution is -2.40. The van der Waals surface area contributed by atoms with E-state index in [0.29, 0.717) is 36.8 Å². The quantitative estimate of drug-likeness (QED) is 0.840.